The maximum absolute atomic E-state index is 12.6. The SMILES string of the molecule is CC(C)(C)C1CCC(N(Cc2ccc(C(=O)Nc3nn[nH]n3)cc2)C(=NCC#N)Nc2cc(Cl)cc(Cl)c2)CC1. The van der Waals surface area contributed by atoms with Gasteiger partial charge in [-0.15, -0.1) is 5.10 Å². The maximum Gasteiger partial charge on any atom is 0.270 e. The number of halogens is 2. The first kappa shape index (κ1) is 29.3. The molecule has 1 aliphatic rings. The van der Waals surface area contributed by atoms with Crippen LogP contribution in [0.2, 0.25) is 10.0 Å². The summed E-state index contributed by atoms with van der Waals surface area (Å²) in [6.07, 6.45) is 4.20. The van der Waals surface area contributed by atoms with Crippen molar-refractivity contribution in [3.8, 4) is 6.07 Å². The molecule has 4 rings (SSSR count). The van der Waals surface area contributed by atoms with Gasteiger partial charge in [0.25, 0.3) is 11.9 Å². The predicted octanol–water partition coefficient (Wildman–Crippen LogP) is 6.16. The summed E-state index contributed by atoms with van der Waals surface area (Å²) in [5, 5.41) is 29.6. The van der Waals surface area contributed by atoms with Crippen LogP contribution in [0.25, 0.3) is 0 Å². The zero-order valence-corrected chi connectivity index (χ0v) is 24.3. The summed E-state index contributed by atoms with van der Waals surface area (Å²) in [7, 11) is 0. The second kappa shape index (κ2) is 13.1. The summed E-state index contributed by atoms with van der Waals surface area (Å²) in [5.41, 5.74) is 2.40. The van der Waals surface area contributed by atoms with Gasteiger partial charge >= 0.3 is 0 Å². The van der Waals surface area contributed by atoms with E-state index in [1.54, 1.807) is 30.3 Å². The van der Waals surface area contributed by atoms with Crippen LogP contribution in [0.5, 0.6) is 0 Å². The van der Waals surface area contributed by atoms with Gasteiger partial charge in [-0.1, -0.05) is 61.2 Å². The number of aliphatic imine (C=N–C) groups is 1. The van der Waals surface area contributed by atoms with Gasteiger partial charge in [0.2, 0.25) is 0 Å². The van der Waals surface area contributed by atoms with Crippen molar-refractivity contribution in [1.82, 2.24) is 25.5 Å². The Morgan fingerprint density at radius 2 is 1.77 bits per heavy atom. The molecule has 1 aliphatic carbocycles. The number of nitrogens with one attached hydrogen (secondary N) is 3. The molecule has 0 atom stereocenters. The molecule has 0 aliphatic heterocycles. The van der Waals surface area contributed by atoms with Crippen LogP contribution < -0.4 is 10.6 Å². The van der Waals surface area contributed by atoms with Crippen LogP contribution in [0.15, 0.2) is 47.5 Å². The van der Waals surface area contributed by atoms with Crippen LogP contribution >= 0.6 is 23.2 Å². The Balaban J connectivity index is 1.59. The third kappa shape index (κ3) is 7.93. The lowest BCUT2D eigenvalue weighted by Gasteiger charge is -2.42. The molecule has 2 aromatic carbocycles. The summed E-state index contributed by atoms with van der Waals surface area (Å²) in [6.45, 7) is 7.44. The summed E-state index contributed by atoms with van der Waals surface area (Å²) < 4.78 is 0. The molecule has 1 saturated carbocycles. The molecule has 1 aromatic heterocycles. The predicted molar refractivity (Wildman–Crippen MR) is 157 cm³/mol. The van der Waals surface area contributed by atoms with Gasteiger partial charge in [0.1, 0.15) is 6.54 Å². The summed E-state index contributed by atoms with van der Waals surface area (Å²) >= 11 is 12.5. The van der Waals surface area contributed by atoms with E-state index in [9.17, 15) is 10.1 Å². The Bertz CT molecular complexity index is 1330. The van der Waals surface area contributed by atoms with Crippen molar-refractivity contribution in [2.75, 3.05) is 17.2 Å². The molecule has 210 valence electrons. The van der Waals surface area contributed by atoms with Gasteiger partial charge in [-0.25, -0.2) is 4.99 Å². The Labute approximate surface area is 244 Å². The van der Waals surface area contributed by atoms with E-state index >= 15 is 0 Å². The van der Waals surface area contributed by atoms with Gasteiger partial charge in [-0.2, -0.15) is 10.5 Å². The molecule has 0 spiro atoms. The second-order valence-corrected chi connectivity index (χ2v) is 11.8. The molecular weight excluding hydrogens is 549 g/mol. The van der Waals surface area contributed by atoms with Crippen molar-refractivity contribution < 1.29 is 4.79 Å². The topological polar surface area (TPSA) is 135 Å². The van der Waals surface area contributed by atoms with Gasteiger partial charge in [-0.3, -0.25) is 10.1 Å². The van der Waals surface area contributed by atoms with Crippen LogP contribution in [-0.4, -0.2) is 50.0 Å². The number of aromatic nitrogens is 4. The van der Waals surface area contributed by atoms with E-state index in [2.05, 4.69) is 68.0 Å². The fourth-order valence-electron chi connectivity index (χ4n) is 5.04. The van der Waals surface area contributed by atoms with E-state index in [0.29, 0.717) is 39.7 Å². The van der Waals surface area contributed by atoms with Crippen molar-refractivity contribution in [3.63, 3.8) is 0 Å². The minimum absolute atomic E-state index is 0.000338. The summed E-state index contributed by atoms with van der Waals surface area (Å²) in [5.74, 6) is 0.998. The Morgan fingerprint density at radius 3 is 2.35 bits per heavy atom. The minimum Gasteiger partial charge on any atom is -0.335 e. The first-order valence-corrected chi connectivity index (χ1v) is 13.9. The smallest absolute Gasteiger partial charge is 0.270 e. The number of carbonyl (C=O) groups is 1. The first-order valence-electron chi connectivity index (χ1n) is 13.2. The van der Waals surface area contributed by atoms with Gasteiger partial charge in [-0.05, 0) is 78.1 Å². The normalized spacial score (nSPS) is 17.6. The molecule has 40 heavy (non-hydrogen) atoms. The largest absolute Gasteiger partial charge is 0.335 e. The number of nitrogens with zero attached hydrogens (tertiary/aromatic N) is 6. The molecule has 3 N–H and O–H groups in total. The zero-order chi connectivity index (χ0) is 28.7. The number of nitriles is 1. The molecule has 3 aromatic rings. The molecular formula is C28H33Cl2N9O. The van der Waals surface area contributed by atoms with Crippen LogP contribution in [-0.2, 0) is 6.54 Å². The summed E-state index contributed by atoms with van der Waals surface area (Å²) in [6, 6.07) is 14.9. The summed E-state index contributed by atoms with van der Waals surface area (Å²) in [4.78, 5) is 19.4. The molecule has 0 unspecified atom stereocenters. The van der Waals surface area contributed by atoms with Crippen LogP contribution in [0, 0.1) is 22.7 Å². The number of H-pyrrole nitrogens is 1. The lowest BCUT2D eigenvalue weighted by atomic mass is 9.71. The molecule has 12 heteroatoms. The Hall–Kier alpha value is -3.68. The van der Waals surface area contributed by atoms with E-state index < -0.39 is 0 Å². The lowest BCUT2D eigenvalue weighted by Crippen LogP contribution is -2.46. The van der Waals surface area contributed by atoms with Crippen molar-refractivity contribution in [3.05, 3.63) is 63.6 Å². The maximum atomic E-state index is 12.6. The van der Waals surface area contributed by atoms with E-state index in [1.165, 1.54) is 0 Å². The number of benzene rings is 2. The van der Waals surface area contributed by atoms with Crippen molar-refractivity contribution in [2.45, 2.75) is 59.0 Å². The third-order valence-electron chi connectivity index (χ3n) is 7.19. The van der Waals surface area contributed by atoms with Crippen LogP contribution in [0.4, 0.5) is 11.6 Å². The molecule has 1 fully saturated rings. The fraction of sp³-hybridized carbons (Fsp3) is 0.429. The Morgan fingerprint density at radius 1 is 1.10 bits per heavy atom. The molecule has 0 bridgehead atoms. The third-order valence-corrected chi connectivity index (χ3v) is 7.63. The Kier molecular flexibility index (Phi) is 9.61. The highest BCUT2D eigenvalue weighted by Gasteiger charge is 2.33. The van der Waals surface area contributed by atoms with E-state index in [-0.39, 0.29) is 29.9 Å². The highest BCUT2D eigenvalue weighted by molar-refractivity contribution is 6.35. The van der Waals surface area contributed by atoms with Crippen LogP contribution in [0.1, 0.15) is 62.4 Å². The average molecular weight is 583 g/mol. The quantitative estimate of drug-likeness (QED) is 0.173. The average Bonchev–Trinajstić information content (AvgIpc) is 3.42. The second-order valence-electron chi connectivity index (χ2n) is 11.0. The molecule has 0 radical (unpaired) electrons. The standard InChI is InChI=1S/C28H33Cl2N9O/c1-28(2,3)20-8-10-24(11-9-20)39(27(32-13-12-31)33-23-15-21(29)14-22(30)16-23)17-18-4-6-19(7-5-18)25(40)34-26-35-37-38-36-26/h4-7,14-16,20,24H,8-11,13,17H2,1-3H3,(H,32,33)(H2,34,35,36,37,38,40). The lowest BCUT2D eigenvalue weighted by molar-refractivity contribution is 0.102. The van der Waals surface area contributed by atoms with E-state index in [1.807, 2.05) is 12.1 Å². The van der Waals surface area contributed by atoms with Gasteiger partial charge < -0.3 is 10.2 Å². The van der Waals surface area contributed by atoms with E-state index in [4.69, 9.17) is 23.2 Å². The van der Waals surface area contributed by atoms with Crippen LogP contribution in [0.3, 0.4) is 0 Å². The number of hydrogen-bond donors (Lipinski definition) is 3. The van der Waals surface area contributed by atoms with E-state index in [0.717, 1.165) is 31.2 Å². The molecule has 1 heterocycles. The molecule has 1 amide bonds. The zero-order valence-electron chi connectivity index (χ0n) is 22.8. The number of aromatic amines is 1. The fourth-order valence-corrected chi connectivity index (χ4v) is 5.57. The first-order chi connectivity index (χ1) is 19.1. The highest BCUT2D eigenvalue weighted by atomic mass is 35.5. The monoisotopic (exact) mass is 581 g/mol. The number of anilines is 2. The number of guanidine groups is 1. The minimum atomic E-state index is -0.332. The van der Waals surface area contributed by atoms with Gasteiger partial charge in [0, 0.05) is 33.9 Å². The molecule has 10 nitrogen and oxygen atoms in total. The van der Waals surface area contributed by atoms with Gasteiger partial charge in [0.05, 0.1) is 6.07 Å². The van der Waals surface area contributed by atoms with Crippen molar-refractivity contribution in [1.29, 1.82) is 5.26 Å². The number of carbonyl (C=O) groups excluding carboxylic acids is 1. The van der Waals surface area contributed by atoms with Crippen molar-refractivity contribution in [2.24, 2.45) is 16.3 Å². The van der Waals surface area contributed by atoms with Gasteiger partial charge in [0.15, 0.2) is 5.96 Å². The molecule has 0 saturated heterocycles. The number of amides is 1. The number of tetrazole rings is 1. The number of rotatable bonds is 7. The highest BCUT2D eigenvalue weighted by Crippen LogP contribution is 2.39. The number of hydrogen-bond acceptors (Lipinski definition) is 6. The van der Waals surface area contributed by atoms with Crippen molar-refractivity contribution >= 4 is 46.7 Å².